The monoisotopic (exact) mass is 198 g/mol. The Hall–Kier alpha value is -1.01. The molecule has 2 rings (SSSR count). The van der Waals surface area contributed by atoms with E-state index in [1.807, 2.05) is 6.21 Å². The molecule has 1 aliphatic heterocycles. The SMILES string of the molecule is CC1(/C=N/n2cn[nH]c2=S)COC1. The van der Waals surface area contributed by atoms with Crippen LogP contribution in [0.3, 0.4) is 0 Å². The number of ether oxygens (including phenoxy) is 1. The Morgan fingerprint density at radius 2 is 2.62 bits per heavy atom. The van der Waals surface area contributed by atoms with Crippen molar-refractivity contribution in [2.75, 3.05) is 13.2 Å². The molecule has 1 saturated heterocycles. The molecule has 0 spiro atoms. The number of hydrogen-bond acceptors (Lipinski definition) is 4. The third kappa shape index (κ3) is 1.68. The molecular formula is C7H10N4OS. The average Bonchev–Trinajstić information content (AvgIpc) is 2.44. The number of rotatable bonds is 2. The topological polar surface area (TPSA) is 55.2 Å². The Morgan fingerprint density at radius 1 is 1.85 bits per heavy atom. The molecule has 1 aromatic rings. The van der Waals surface area contributed by atoms with Crippen molar-refractivity contribution < 1.29 is 4.74 Å². The lowest BCUT2D eigenvalue weighted by molar-refractivity contribution is -0.0556. The van der Waals surface area contributed by atoms with E-state index in [0.717, 1.165) is 13.2 Å². The fraction of sp³-hybridized carbons (Fsp3) is 0.571. The molecule has 13 heavy (non-hydrogen) atoms. The Kier molecular flexibility index (Phi) is 2.01. The van der Waals surface area contributed by atoms with Crippen molar-refractivity contribution in [1.82, 2.24) is 14.9 Å². The van der Waals surface area contributed by atoms with Crippen LogP contribution in [0.2, 0.25) is 0 Å². The maximum Gasteiger partial charge on any atom is 0.216 e. The van der Waals surface area contributed by atoms with Gasteiger partial charge in [0.15, 0.2) is 0 Å². The highest BCUT2D eigenvalue weighted by Crippen LogP contribution is 2.23. The van der Waals surface area contributed by atoms with Crippen LogP contribution in [0.1, 0.15) is 6.92 Å². The van der Waals surface area contributed by atoms with Crippen molar-refractivity contribution in [1.29, 1.82) is 0 Å². The van der Waals surface area contributed by atoms with Crippen LogP contribution in [0.5, 0.6) is 0 Å². The third-order valence-electron chi connectivity index (χ3n) is 1.89. The first-order valence-corrected chi connectivity index (χ1v) is 4.36. The molecule has 1 fully saturated rings. The molecule has 0 aromatic carbocycles. The van der Waals surface area contributed by atoms with E-state index in [0.29, 0.717) is 4.77 Å². The third-order valence-corrected chi connectivity index (χ3v) is 2.17. The summed E-state index contributed by atoms with van der Waals surface area (Å²) in [5.74, 6) is 0. The zero-order valence-corrected chi connectivity index (χ0v) is 8.04. The first-order chi connectivity index (χ1) is 6.20. The molecule has 0 radical (unpaired) electrons. The smallest absolute Gasteiger partial charge is 0.216 e. The van der Waals surface area contributed by atoms with Crippen molar-refractivity contribution >= 4 is 18.4 Å². The van der Waals surface area contributed by atoms with Gasteiger partial charge in [-0.05, 0) is 12.2 Å². The lowest BCUT2D eigenvalue weighted by Gasteiger charge is -2.33. The zero-order chi connectivity index (χ0) is 9.31. The Morgan fingerprint density at radius 3 is 3.08 bits per heavy atom. The van der Waals surface area contributed by atoms with Crippen LogP contribution in [0, 0.1) is 10.2 Å². The van der Waals surface area contributed by atoms with E-state index in [2.05, 4.69) is 22.2 Å². The van der Waals surface area contributed by atoms with Crippen LogP contribution in [0.15, 0.2) is 11.4 Å². The standard InChI is InChI=1S/C7H10N4OS/c1-7(3-12-4-7)2-9-11-5-8-10-6(11)13/h2,5H,3-4H2,1H3,(H,10,13)/b9-2+. The van der Waals surface area contributed by atoms with Gasteiger partial charge < -0.3 is 4.74 Å². The number of aromatic nitrogens is 3. The van der Waals surface area contributed by atoms with Gasteiger partial charge in [0.05, 0.1) is 18.6 Å². The fourth-order valence-electron chi connectivity index (χ4n) is 1.02. The van der Waals surface area contributed by atoms with Crippen molar-refractivity contribution in [2.24, 2.45) is 10.5 Å². The molecule has 0 unspecified atom stereocenters. The highest BCUT2D eigenvalue weighted by molar-refractivity contribution is 7.71. The highest BCUT2D eigenvalue weighted by atomic mass is 32.1. The van der Waals surface area contributed by atoms with E-state index >= 15 is 0 Å². The molecule has 0 saturated carbocycles. The number of nitrogens with one attached hydrogen (secondary N) is 1. The van der Waals surface area contributed by atoms with E-state index in [1.54, 1.807) is 6.33 Å². The summed E-state index contributed by atoms with van der Waals surface area (Å²) in [7, 11) is 0. The molecule has 0 bridgehead atoms. The van der Waals surface area contributed by atoms with Crippen LogP contribution >= 0.6 is 12.2 Å². The van der Waals surface area contributed by atoms with E-state index in [9.17, 15) is 0 Å². The first kappa shape index (κ1) is 8.58. The van der Waals surface area contributed by atoms with Crippen LogP contribution in [-0.2, 0) is 4.74 Å². The van der Waals surface area contributed by atoms with Gasteiger partial charge in [0, 0.05) is 6.21 Å². The molecule has 0 amide bonds. The van der Waals surface area contributed by atoms with Crippen LogP contribution in [-0.4, -0.2) is 34.3 Å². The molecule has 5 nitrogen and oxygen atoms in total. The zero-order valence-electron chi connectivity index (χ0n) is 7.23. The maximum atomic E-state index is 5.09. The molecule has 70 valence electrons. The number of nitrogens with zero attached hydrogens (tertiary/aromatic N) is 3. The second kappa shape index (κ2) is 3.04. The van der Waals surface area contributed by atoms with E-state index in [4.69, 9.17) is 17.0 Å². The molecule has 0 aliphatic carbocycles. The van der Waals surface area contributed by atoms with Crippen molar-refractivity contribution in [3.05, 3.63) is 11.1 Å². The van der Waals surface area contributed by atoms with Gasteiger partial charge in [-0.25, -0.2) is 0 Å². The lowest BCUT2D eigenvalue weighted by Crippen LogP contribution is -2.41. The van der Waals surface area contributed by atoms with Gasteiger partial charge in [-0.1, -0.05) is 6.92 Å². The number of aromatic amines is 1. The highest BCUT2D eigenvalue weighted by Gasteiger charge is 2.31. The average molecular weight is 198 g/mol. The van der Waals surface area contributed by atoms with Gasteiger partial charge in [0.25, 0.3) is 0 Å². The maximum absolute atomic E-state index is 5.09. The minimum atomic E-state index is 0.0616. The Bertz CT molecular complexity index is 376. The minimum Gasteiger partial charge on any atom is -0.379 e. The summed E-state index contributed by atoms with van der Waals surface area (Å²) in [6.45, 7) is 3.53. The van der Waals surface area contributed by atoms with E-state index < -0.39 is 0 Å². The lowest BCUT2D eigenvalue weighted by atomic mass is 9.91. The molecule has 6 heteroatoms. The van der Waals surface area contributed by atoms with Gasteiger partial charge in [-0.3, -0.25) is 5.10 Å². The van der Waals surface area contributed by atoms with Crippen molar-refractivity contribution in [3.8, 4) is 0 Å². The Balaban J connectivity index is 2.13. The fourth-order valence-corrected chi connectivity index (χ4v) is 1.17. The molecule has 1 N–H and O–H groups in total. The summed E-state index contributed by atoms with van der Waals surface area (Å²) >= 11 is 4.93. The summed E-state index contributed by atoms with van der Waals surface area (Å²) in [5.41, 5.74) is 0.0616. The molecule has 1 aromatic heterocycles. The summed E-state index contributed by atoms with van der Waals surface area (Å²) in [6.07, 6.45) is 3.39. The quantitative estimate of drug-likeness (QED) is 0.565. The van der Waals surface area contributed by atoms with E-state index in [-0.39, 0.29) is 5.41 Å². The summed E-state index contributed by atoms with van der Waals surface area (Å²) in [6, 6.07) is 0. The summed E-state index contributed by atoms with van der Waals surface area (Å²) in [5, 5.41) is 10.6. The number of H-pyrrole nitrogens is 1. The van der Waals surface area contributed by atoms with Crippen molar-refractivity contribution in [2.45, 2.75) is 6.92 Å². The molecule has 0 atom stereocenters. The van der Waals surface area contributed by atoms with Crippen LogP contribution in [0.25, 0.3) is 0 Å². The molecular weight excluding hydrogens is 188 g/mol. The predicted octanol–water partition coefficient (Wildman–Crippen LogP) is 0.811. The summed E-state index contributed by atoms with van der Waals surface area (Å²) < 4.78 is 7.11. The second-order valence-corrected chi connectivity index (χ2v) is 3.78. The largest absolute Gasteiger partial charge is 0.379 e. The van der Waals surface area contributed by atoms with Crippen molar-refractivity contribution in [3.63, 3.8) is 0 Å². The minimum absolute atomic E-state index is 0.0616. The predicted molar refractivity (Wildman–Crippen MR) is 50.2 cm³/mol. The van der Waals surface area contributed by atoms with Gasteiger partial charge >= 0.3 is 0 Å². The second-order valence-electron chi connectivity index (χ2n) is 3.40. The Labute approximate surface area is 80.4 Å². The van der Waals surface area contributed by atoms with Gasteiger partial charge in [0.2, 0.25) is 4.77 Å². The van der Waals surface area contributed by atoms with Gasteiger partial charge in [-0.15, -0.1) is 0 Å². The van der Waals surface area contributed by atoms with Crippen LogP contribution in [0.4, 0.5) is 0 Å². The normalized spacial score (nSPS) is 20.4. The number of hydrogen-bond donors (Lipinski definition) is 1. The van der Waals surface area contributed by atoms with Gasteiger partial charge in [0.1, 0.15) is 6.33 Å². The van der Waals surface area contributed by atoms with Crippen LogP contribution < -0.4 is 0 Å². The summed E-state index contributed by atoms with van der Waals surface area (Å²) in [4.78, 5) is 0. The first-order valence-electron chi connectivity index (χ1n) is 3.95. The molecule has 2 heterocycles. The van der Waals surface area contributed by atoms with Gasteiger partial charge in [-0.2, -0.15) is 14.9 Å². The van der Waals surface area contributed by atoms with E-state index in [1.165, 1.54) is 4.68 Å². The molecule has 1 aliphatic rings.